The molecule has 1 aromatic carbocycles. The van der Waals surface area contributed by atoms with Crippen molar-refractivity contribution in [2.75, 3.05) is 0 Å². The summed E-state index contributed by atoms with van der Waals surface area (Å²) in [6, 6.07) is 11.3. The Hall–Kier alpha value is -2.89. The molecular weight excluding hydrogens is 292 g/mol. The molecule has 0 saturated carbocycles. The van der Waals surface area contributed by atoms with E-state index < -0.39 is 0 Å². The van der Waals surface area contributed by atoms with Crippen molar-refractivity contribution in [2.45, 2.75) is 26.4 Å². The van der Waals surface area contributed by atoms with E-state index in [0.717, 1.165) is 11.3 Å². The Kier molecular flexibility index (Phi) is 3.97. The van der Waals surface area contributed by atoms with E-state index in [4.69, 9.17) is 0 Å². The van der Waals surface area contributed by atoms with Gasteiger partial charge in [-0.2, -0.15) is 0 Å². The number of carbonyl (C=O) groups excluding carboxylic acids is 1. The Morgan fingerprint density at radius 2 is 2.09 bits per heavy atom. The number of carbonyl (C=O) groups is 1. The second kappa shape index (κ2) is 6.08. The zero-order chi connectivity index (χ0) is 16.4. The summed E-state index contributed by atoms with van der Waals surface area (Å²) in [4.78, 5) is 31.7. The van der Waals surface area contributed by atoms with Crippen LogP contribution in [0.5, 0.6) is 0 Å². The molecule has 2 heterocycles. The summed E-state index contributed by atoms with van der Waals surface area (Å²) >= 11 is 0. The van der Waals surface area contributed by atoms with Crippen molar-refractivity contribution in [3.8, 4) is 0 Å². The summed E-state index contributed by atoms with van der Waals surface area (Å²) in [6.07, 6.45) is 1.40. The number of nitrogens with zero attached hydrogens (tertiary/aromatic N) is 2. The monoisotopic (exact) mass is 310 g/mol. The molecule has 2 N–H and O–H groups in total. The molecule has 2 aromatic heterocycles. The van der Waals surface area contributed by atoms with Crippen molar-refractivity contribution < 1.29 is 4.79 Å². The molecule has 0 aliphatic heterocycles. The number of hydrogen-bond donors (Lipinski definition) is 2. The average molecular weight is 310 g/mol. The van der Waals surface area contributed by atoms with Crippen molar-refractivity contribution in [2.24, 2.45) is 0 Å². The lowest BCUT2D eigenvalue weighted by Crippen LogP contribution is -2.33. The number of aromatic amines is 1. The van der Waals surface area contributed by atoms with Crippen LogP contribution in [-0.4, -0.2) is 20.4 Å². The largest absolute Gasteiger partial charge is 0.348 e. The fourth-order valence-electron chi connectivity index (χ4n) is 2.55. The minimum Gasteiger partial charge on any atom is -0.348 e. The van der Waals surface area contributed by atoms with E-state index in [-0.39, 0.29) is 24.1 Å². The summed E-state index contributed by atoms with van der Waals surface area (Å²) in [6.45, 7) is 3.72. The number of amides is 1. The molecular formula is C17H18N4O2. The fraction of sp³-hybridized carbons (Fsp3) is 0.235. The molecule has 0 aliphatic rings. The number of aromatic nitrogens is 3. The summed E-state index contributed by atoms with van der Waals surface area (Å²) in [5, 5.41) is 3.39. The van der Waals surface area contributed by atoms with E-state index in [1.807, 2.05) is 44.2 Å². The van der Waals surface area contributed by atoms with Gasteiger partial charge in [-0.15, -0.1) is 0 Å². The van der Waals surface area contributed by atoms with Crippen LogP contribution < -0.4 is 10.9 Å². The number of nitrogens with one attached hydrogen (secondary N) is 2. The third-order valence-corrected chi connectivity index (χ3v) is 3.74. The highest BCUT2D eigenvalue weighted by Crippen LogP contribution is 2.11. The van der Waals surface area contributed by atoms with Gasteiger partial charge in [-0.05, 0) is 25.5 Å². The van der Waals surface area contributed by atoms with Gasteiger partial charge < -0.3 is 10.3 Å². The highest BCUT2D eigenvalue weighted by Gasteiger charge is 2.12. The molecule has 0 saturated heterocycles. The van der Waals surface area contributed by atoms with Gasteiger partial charge in [-0.1, -0.05) is 30.3 Å². The first-order valence-electron chi connectivity index (χ1n) is 7.43. The summed E-state index contributed by atoms with van der Waals surface area (Å²) in [5.41, 5.74) is 2.20. The Bertz CT molecular complexity index is 896. The van der Waals surface area contributed by atoms with Gasteiger partial charge in [0, 0.05) is 5.69 Å². The third kappa shape index (κ3) is 3.15. The summed E-state index contributed by atoms with van der Waals surface area (Å²) in [7, 11) is 0. The van der Waals surface area contributed by atoms with Crippen LogP contribution in [-0.2, 0) is 11.3 Å². The molecule has 3 rings (SSSR count). The zero-order valence-electron chi connectivity index (χ0n) is 13.0. The fourth-order valence-corrected chi connectivity index (χ4v) is 2.55. The number of hydrogen-bond acceptors (Lipinski definition) is 3. The van der Waals surface area contributed by atoms with E-state index in [1.54, 1.807) is 6.07 Å². The first-order chi connectivity index (χ1) is 11.0. The van der Waals surface area contributed by atoms with Crippen LogP contribution in [0.1, 0.15) is 24.2 Å². The second-order valence-electron chi connectivity index (χ2n) is 5.59. The van der Waals surface area contributed by atoms with Crippen LogP contribution in [0.15, 0.2) is 47.5 Å². The van der Waals surface area contributed by atoms with Gasteiger partial charge in [0.2, 0.25) is 5.91 Å². The molecule has 1 amide bonds. The lowest BCUT2D eigenvalue weighted by Gasteiger charge is -2.14. The molecule has 0 aliphatic carbocycles. The molecule has 3 aromatic rings. The number of aryl methyl sites for hydroxylation is 1. The van der Waals surface area contributed by atoms with Crippen LogP contribution in [0, 0.1) is 6.92 Å². The van der Waals surface area contributed by atoms with Crippen LogP contribution >= 0.6 is 0 Å². The smallest absolute Gasteiger partial charge is 0.263 e. The van der Waals surface area contributed by atoms with E-state index in [9.17, 15) is 9.59 Å². The molecule has 1 atom stereocenters. The summed E-state index contributed by atoms with van der Waals surface area (Å²) < 4.78 is 1.32. The lowest BCUT2D eigenvalue weighted by molar-refractivity contribution is -0.122. The maximum atomic E-state index is 12.4. The molecule has 1 unspecified atom stereocenters. The van der Waals surface area contributed by atoms with E-state index in [1.165, 1.54) is 10.9 Å². The highest BCUT2D eigenvalue weighted by molar-refractivity contribution is 5.78. The number of rotatable bonds is 4. The van der Waals surface area contributed by atoms with Crippen molar-refractivity contribution in [3.63, 3.8) is 0 Å². The molecule has 23 heavy (non-hydrogen) atoms. The maximum Gasteiger partial charge on any atom is 0.263 e. The normalized spacial score (nSPS) is 12.3. The quantitative estimate of drug-likeness (QED) is 0.772. The molecule has 0 fully saturated rings. The number of fused-ring (bicyclic) bond motifs is 1. The van der Waals surface area contributed by atoms with Gasteiger partial charge in [-0.3, -0.25) is 14.2 Å². The zero-order valence-corrected chi connectivity index (χ0v) is 13.0. The highest BCUT2D eigenvalue weighted by atomic mass is 16.2. The molecule has 6 nitrogen and oxygen atoms in total. The van der Waals surface area contributed by atoms with Gasteiger partial charge in [0.25, 0.3) is 5.56 Å². The first kappa shape index (κ1) is 15.0. The topological polar surface area (TPSA) is 79.8 Å². The Labute approximate surface area is 133 Å². The van der Waals surface area contributed by atoms with Crippen LogP contribution in [0.25, 0.3) is 11.0 Å². The molecule has 0 spiro atoms. The number of H-pyrrole nitrogens is 1. The van der Waals surface area contributed by atoms with Crippen molar-refractivity contribution >= 4 is 16.9 Å². The summed E-state index contributed by atoms with van der Waals surface area (Å²) in [5.74, 6) is -0.225. The van der Waals surface area contributed by atoms with E-state index in [2.05, 4.69) is 15.3 Å². The second-order valence-corrected chi connectivity index (χ2v) is 5.59. The minimum absolute atomic E-state index is 0.0524. The van der Waals surface area contributed by atoms with Crippen LogP contribution in [0.2, 0.25) is 0 Å². The van der Waals surface area contributed by atoms with E-state index >= 15 is 0 Å². The predicted octanol–water partition coefficient (Wildman–Crippen LogP) is 1.91. The Morgan fingerprint density at radius 3 is 2.83 bits per heavy atom. The predicted molar refractivity (Wildman–Crippen MR) is 88.1 cm³/mol. The van der Waals surface area contributed by atoms with Crippen LogP contribution in [0.4, 0.5) is 0 Å². The number of benzene rings is 1. The van der Waals surface area contributed by atoms with Gasteiger partial charge in [0.15, 0.2) is 0 Å². The lowest BCUT2D eigenvalue weighted by atomic mass is 10.1. The van der Waals surface area contributed by atoms with Gasteiger partial charge in [0.1, 0.15) is 18.5 Å². The molecule has 6 heteroatoms. The van der Waals surface area contributed by atoms with Crippen molar-refractivity contribution in [3.05, 3.63) is 64.3 Å². The Balaban J connectivity index is 1.75. The molecule has 0 radical (unpaired) electrons. The van der Waals surface area contributed by atoms with Gasteiger partial charge in [-0.25, -0.2) is 4.98 Å². The van der Waals surface area contributed by atoms with Crippen molar-refractivity contribution in [1.82, 2.24) is 19.9 Å². The standard InChI is InChI=1S/C17H18N4O2/c1-11-8-14-16(19-11)18-10-21(17(14)23)9-15(22)20-12(2)13-6-4-3-5-7-13/h3-8,10,12,19H,9H2,1-2H3,(H,20,22). The average Bonchev–Trinajstić information content (AvgIpc) is 2.92. The Morgan fingerprint density at radius 1 is 1.35 bits per heavy atom. The van der Waals surface area contributed by atoms with Crippen LogP contribution in [0.3, 0.4) is 0 Å². The van der Waals surface area contributed by atoms with E-state index in [0.29, 0.717) is 11.0 Å². The molecule has 118 valence electrons. The minimum atomic E-state index is -0.225. The third-order valence-electron chi connectivity index (χ3n) is 3.74. The van der Waals surface area contributed by atoms with Gasteiger partial charge >= 0.3 is 0 Å². The van der Waals surface area contributed by atoms with Gasteiger partial charge in [0.05, 0.1) is 11.4 Å². The maximum absolute atomic E-state index is 12.4. The molecule has 0 bridgehead atoms. The SMILES string of the molecule is Cc1cc2c(=O)n(CC(=O)NC(C)c3ccccc3)cnc2[nH]1. The van der Waals surface area contributed by atoms with Crippen molar-refractivity contribution in [1.29, 1.82) is 0 Å². The first-order valence-corrected chi connectivity index (χ1v) is 7.43.